The number of sulfonamides is 1. The van der Waals surface area contributed by atoms with Crippen molar-refractivity contribution in [3.8, 4) is 0 Å². The fraction of sp³-hybridized carbons (Fsp3) is 1.00. The predicted octanol–water partition coefficient (Wildman–Crippen LogP) is -2.23. The lowest BCUT2D eigenvalue weighted by Gasteiger charge is -2.42. The van der Waals surface area contributed by atoms with Crippen molar-refractivity contribution in [3.05, 3.63) is 0 Å². The Morgan fingerprint density at radius 3 is 2.76 bits per heavy atom. The minimum Gasteiger partial charge on any atom is -0.365 e. The maximum absolute atomic E-state index is 13.4. The maximum atomic E-state index is 13.4. The minimum atomic E-state index is -3.66. The summed E-state index contributed by atoms with van der Waals surface area (Å²) in [5, 5.41) is 11.6. The van der Waals surface area contributed by atoms with Crippen LogP contribution in [0.15, 0.2) is 0 Å². The Kier molecular flexibility index (Phi) is 7.54. The number of likely N-dealkylation sites (tertiary alicyclic amines) is 1. The van der Waals surface area contributed by atoms with E-state index in [2.05, 4.69) is 31.0 Å². The van der Waals surface area contributed by atoms with Crippen LogP contribution in [-0.4, -0.2) is 114 Å². The number of nitrogens with one attached hydrogen (secondary N) is 5. The number of ether oxygens (including phenoxy) is 1. The van der Waals surface area contributed by atoms with Gasteiger partial charge in [-0.1, -0.05) is 0 Å². The molecule has 0 aromatic carbocycles. The van der Waals surface area contributed by atoms with Crippen molar-refractivity contribution in [2.75, 3.05) is 60.0 Å². The van der Waals surface area contributed by atoms with Crippen molar-refractivity contribution < 1.29 is 13.2 Å². The van der Waals surface area contributed by atoms with Crippen LogP contribution in [0.5, 0.6) is 0 Å². The number of rotatable bonds is 9. The summed E-state index contributed by atoms with van der Waals surface area (Å²) in [6, 6.07) is 0.191. The summed E-state index contributed by atoms with van der Waals surface area (Å²) in [4.78, 5) is 2.67. The predicted molar refractivity (Wildman–Crippen MR) is 131 cm³/mol. The molecule has 0 aromatic rings. The first kappa shape index (κ1) is 25.2. The lowest BCUT2D eigenvalue weighted by atomic mass is 9.90. The second-order valence-corrected chi connectivity index (χ2v) is 13.1. The zero-order chi connectivity index (χ0) is 23.9. The quantitative estimate of drug-likeness (QED) is 0.206. The third-order valence-corrected chi connectivity index (χ3v) is 10.8. The summed E-state index contributed by atoms with van der Waals surface area (Å²) >= 11 is 0. The van der Waals surface area contributed by atoms with Crippen LogP contribution in [0.2, 0.25) is 0 Å². The molecule has 7 atom stereocenters. The average Bonchev–Trinajstić information content (AvgIpc) is 3.27. The summed E-state index contributed by atoms with van der Waals surface area (Å²) < 4.78 is 35.4. The van der Waals surface area contributed by atoms with E-state index in [1.54, 1.807) is 7.11 Å². The Bertz CT molecular complexity index is 812. The van der Waals surface area contributed by atoms with Crippen molar-refractivity contribution in [3.63, 3.8) is 0 Å². The van der Waals surface area contributed by atoms with Crippen LogP contribution in [0.1, 0.15) is 32.1 Å². The molecule has 5 aliphatic rings. The first-order valence-electron chi connectivity index (χ1n) is 13.0. The third kappa shape index (κ3) is 5.17. The highest BCUT2D eigenvalue weighted by molar-refractivity contribution is 7.90. The molecule has 0 bridgehead atoms. The first-order chi connectivity index (χ1) is 16.3. The Morgan fingerprint density at radius 1 is 1.24 bits per heavy atom. The first-order valence-corrected chi connectivity index (χ1v) is 14.5. The Labute approximate surface area is 204 Å². The van der Waals surface area contributed by atoms with Crippen molar-refractivity contribution >= 4 is 10.0 Å². The van der Waals surface area contributed by atoms with Gasteiger partial charge in [0.1, 0.15) is 11.5 Å². The molecule has 0 radical (unpaired) electrons. The van der Waals surface area contributed by atoms with Gasteiger partial charge in [-0.05, 0) is 50.6 Å². The molecule has 196 valence electrons. The van der Waals surface area contributed by atoms with E-state index in [9.17, 15) is 8.42 Å². The summed E-state index contributed by atoms with van der Waals surface area (Å²) in [5.74, 6) is 0.308. The summed E-state index contributed by atoms with van der Waals surface area (Å²) in [5.41, 5.74) is 9.94. The van der Waals surface area contributed by atoms with Crippen molar-refractivity contribution in [2.45, 2.75) is 67.9 Å². The average molecular weight is 501 g/mol. The number of hydrogen-bond acceptors (Lipinski definition) is 10. The molecule has 12 heteroatoms. The highest BCUT2D eigenvalue weighted by atomic mass is 32.2. The van der Waals surface area contributed by atoms with Gasteiger partial charge < -0.3 is 21.1 Å². The number of piperidine rings is 2. The monoisotopic (exact) mass is 500 g/mol. The molecule has 7 N–H and O–H groups in total. The molecular formula is C22H44N8O3S. The van der Waals surface area contributed by atoms with Gasteiger partial charge in [0.15, 0.2) is 0 Å². The smallest absolute Gasteiger partial charge is 0.217 e. The SMILES string of the molecule is COC1NCC2CNN(C)C2C1NS(=O)(=O)C(CN)CNC1CC(N2CCC3(CC3)C2)CCN1. The Hall–Kier alpha value is -0.410. The standard InChI is InChI=1S/C22H44N8O3S/c1-29-20-15(12-27-29)11-26-21(33-2)19(20)28-34(31,32)17(10-23)13-25-18-9-16(3-7-24-18)30-8-6-22(14-30)4-5-22/h15-21,24-28H,3-14,23H2,1-2H3. The molecular weight excluding hydrogens is 456 g/mol. The fourth-order valence-electron chi connectivity index (χ4n) is 6.60. The van der Waals surface area contributed by atoms with Gasteiger partial charge in [-0.3, -0.25) is 15.6 Å². The number of hydrogen-bond donors (Lipinski definition) is 6. The number of hydrazine groups is 1. The van der Waals surface area contributed by atoms with Gasteiger partial charge in [-0.15, -0.1) is 0 Å². The molecule has 1 aliphatic carbocycles. The molecule has 5 fully saturated rings. The van der Waals surface area contributed by atoms with Crippen LogP contribution >= 0.6 is 0 Å². The number of likely N-dealkylation sites (N-methyl/N-ethyl adjacent to an activating group) is 1. The zero-order valence-electron chi connectivity index (χ0n) is 20.6. The minimum absolute atomic E-state index is 0.0170. The van der Waals surface area contributed by atoms with Gasteiger partial charge in [-0.2, -0.15) is 0 Å². The van der Waals surface area contributed by atoms with Crippen LogP contribution < -0.4 is 31.8 Å². The van der Waals surface area contributed by atoms with Gasteiger partial charge in [0, 0.05) is 64.9 Å². The van der Waals surface area contributed by atoms with E-state index >= 15 is 0 Å². The van der Waals surface area contributed by atoms with E-state index in [4.69, 9.17) is 10.5 Å². The van der Waals surface area contributed by atoms with E-state index in [-0.39, 0.29) is 25.0 Å². The highest BCUT2D eigenvalue weighted by Gasteiger charge is 2.49. The van der Waals surface area contributed by atoms with Crippen LogP contribution in [0, 0.1) is 11.3 Å². The van der Waals surface area contributed by atoms with Gasteiger partial charge in [0.25, 0.3) is 0 Å². The van der Waals surface area contributed by atoms with Crippen molar-refractivity contribution in [1.29, 1.82) is 0 Å². The zero-order valence-corrected chi connectivity index (χ0v) is 21.4. The fourth-order valence-corrected chi connectivity index (χ4v) is 8.00. The number of fused-ring (bicyclic) bond motifs is 1. The molecule has 1 saturated carbocycles. The molecule has 4 saturated heterocycles. The van der Waals surface area contributed by atoms with E-state index < -0.39 is 21.3 Å². The van der Waals surface area contributed by atoms with E-state index in [0.29, 0.717) is 23.9 Å². The largest absolute Gasteiger partial charge is 0.365 e. The lowest BCUT2D eigenvalue weighted by Crippen LogP contribution is -2.67. The summed E-state index contributed by atoms with van der Waals surface area (Å²) in [7, 11) is -0.0922. The molecule has 4 aliphatic heterocycles. The van der Waals surface area contributed by atoms with E-state index in [1.807, 2.05) is 12.1 Å². The molecule has 1 spiro atoms. The second-order valence-electron chi connectivity index (χ2n) is 11.1. The van der Waals surface area contributed by atoms with Crippen LogP contribution in [-0.2, 0) is 14.8 Å². The molecule has 5 rings (SSSR count). The number of methoxy groups -OCH3 is 1. The molecule has 34 heavy (non-hydrogen) atoms. The lowest BCUT2D eigenvalue weighted by molar-refractivity contribution is -0.0106. The third-order valence-electron chi connectivity index (χ3n) is 8.97. The highest BCUT2D eigenvalue weighted by Crippen LogP contribution is 2.53. The molecule has 11 nitrogen and oxygen atoms in total. The van der Waals surface area contributed by atoms with Crippen LogP contribution in [0.3, 0.4) is 0 Å². The van der Waals surface area contributed by atoms with Gasteiger partial charge in [0.2, 0.25) is 10.0 Å². The number of nitrogens with two attached hydrogens (primary N) is 1. The maximum Gasteiger partial charge on any atom is 0.217 e. The molecule has 0 aromatic heterocycles. The second kappa shape index (κ2) is 10.2. The molecule has 4 heterocycles. The van der Waals surface area contributed by atoms with Gasteiger partial charge in [-0.25, -0.2) is 18.1 Å². The summed E-state index contributed by atoms with van der Waals surface area (Å²) in [6.45, 7) is 5.39. The number of nitrogens with zero attached hydrogens (tertiary/aromatic N) is 2. The Balaban J connectivity index is 1.17. The molecule has 7 unspecified atom stereocenters. The van der Waals surface area contributed by atoms with E-state index in [0.717, 1.165) is 32.5 Å². The van der Waals surface area contributed by atoms with Crippen molar-refractivity contribution in [1.82, 2.24) is 36.0 Å². The van der Waals surface area contributed by atoms with Gasteiger partial charge in [0.05, 0.1) is 12.2 Å². The summed E-state index contributed by atoms with van der Waals surface area (Å²) in [6.07, 6.45) is 6.02. The van der Waals surface area contributed by atoms with E-state index in [1.165, 1.54) is 32.4 Å². The topological polar surface area (TPSA) is 136 Å². The Morgan fingerprint density at radius 2 is 2.06 bits per heavy atom. The molecule has 0 amide bonds. The van der Waals surface area contributed by atoms with Gasteiger partial charge >= 0.3 is 0 Å². The van der Waals surface area contributed by atoms with Crippen molar-refractivity contribution in [2.24, 2.45) is 17.1 Å². The van der Waals surface area contributed by atoms with Crippen LogP contribution in [0.25, 0.3) is 0 Å². The van der Waals surface area contributed by atoms with Crippen LogP contribution in [0.4, 0.5) is 0 Å². The normalized spacial score (nSPS) is 39.4.